The molecule has 114 valence electrons. The first-order chi connectivity index (χ1) is 9.71. The fraction of sp³-hybridized carbons (Fsp3) is 0.625. The van der Waals surface area contributed by atoms with E-state index >= 15 is 0 Å². The highest BCUT2D eigenvalue weighted by molar-refractivity contribution is 5.25. The van der Waals surface area contributed by atoms with Gasteiger partial charge in [0.25, 0.3) is 0 Å². The predicted molar refractivity (Wildman–Crippen MR) is 82.9 cm³/mol. The Labute approximate surface area is 122 Å². The van der Waals surface area contributed by atoms with Crippen LogP contribution in [0.15, 0.2) is 24.3 Å². The lowest BCUT2D eigenvalue weighted by Crippen LogP contribution is -2.30. The number of methoxy groups -OCH3 is 2. The molecule has 0 radical (unpaired) electrons. The molecule has 1 rings (SSSR count). The summed E-state index contributed by atoms with van der Waals surface area (Å²) in [6.07, 6.45) is 0. The number of ether oxygens (including phenoxy) is 2. The molecule has 0 bridgehead atoms. The van der Waals surface area contributed by atoms with Crippen LogP contribution in [0.2, 0.25) is 0 Å². The van der Waals surface area contributed by atoms with Gasteiger partial charge < -0.3 is 15.2 Å². The van der Waals surface area contributed by atoms with Crippen LogP contribution in [0.3, 0.4) is 0 Å². The molecule has 1 aromatic carbocycles. The molecule has 0 fully saturated rings. The predicted octanol–water partition coefficient (Wildman–Crippen LogP) is 1.84. The lowest BCUT2D eigenvalue weighted by Gasteiger charge is -2.22. The second-order valence-electron chi connectivity index (χ2n) is 5.14. The van der Waals surface area contributed by atoms with Crippen LogP contribution >= 0.6 is 0 Å². The minimum Gasteiger partial charge on any atom is -0.383 e. The molecule has 0 heterocycles. The van der Waals surface area contributed by atoms with Gasteiger partial charge in [0.1, 0.15) is 0 Å². The molecule has 1 aromatic rings. The van der Waals surface area contributed by atoms with Crippen LogP contribution in [0.25, 0.3) is 0 Å². The highest BCUT2D eigenvalue weighted by Crippen LogP contribution is 2.15. The van der Waals surface area contributed by atoms with Crippen molar-refractivity contribution in [3.8, 4) is 0 Å². The minimum atomic E-state index is 0.419. The van der Waals surface area contributed by atoms with Gasteiger partial charge in [-0.15, -0.1) is 0 Å². The molecule has 0 amide bonds. The second kappa shape index (κ2) is 9.88. The molecular formula is C16H28N2O2. The van der Waals surface area contributed by atoms with E-state index in [2.05, 4.69) is 36.1 Å². The van der Waals surface area contributed by atoms with Gasteiger partial charge in [-0.1, -0.05) is 31.2 Å². The molecule has 0 saturated carbocycles. The molecule has 20 heavy (non-hydrogen) atoms. The smallest absolute Gasteiger partial charge is 0.0589 e. The van der Waals surface area contributed by atoms with Gasteiger partial charge in [0.2, 0.25) is 0 Å². The van der Waals surface area contributed by atoms with E-state index in [9.17, 15) is 0 Å². The molecule has 0 aromatic heterocycles. The zero-order valence-electron chi connectivity index (χ0n) is 13.0. The molecule has 0 aliphatic carbocycles. The van der Waals surface area contributed by atoms with E-state index in [1.54, 1.807) is 14.2 Å². The van der Waals surface area contributed by atoms with Gasteiger partial charge in [-0.3, -0.25) is 4.90 Å². The Morgan fingerprint density at radius 2 is 1.60 bits per heavy atom. The van der Waals surface area contributed by atoms with Gasteiger partial charge in [-0.2, -0.15) is 0 Å². The fourth-order valence-corrected chi connectivity index (χ4v) is 2.06. The number of hydrogen-bond acceptors (Lipinski definition) is 4. The molecule has 1 unspecified atom stereocenters. The summed E-state index contributed by atoms with van der Waals surface area (Å²) in [4.78, 5) is 2.34. The molecule has 0 aliphatic rings. The van der Waals surface area contributed by atoms with Crippen molar-refractivity contribution in [2.45, 2.75) is 19.4 Å². The first-order valence-electron chi connectivity index (χ1n) is 7.20. The average molecular weight is 280 g/mol. The zero-order chi connectivity index (χ0) is 14.8. The molecule has 0 spiro atoms. The van der Waals surface area contributed by atoms with E-state index < -0.39 is 0 Å². The minimum absolute atomic E-state index is 0.419. The Balaban J connectivity index is 2.57. The summed E-state index contributed by atoms with van der Waals surface area (Å²) in [6.45, 7) is 7.08. The Kier molecular flexibility index (Phi) is 8.46. The van der Waals surface area contributed by atoms with Gasteiger partial charge in [0.05, 0.1) is 13.2 Å². The topological polar surface area (TPSA) is 47.7 Å². The van der Waals surface area contributed by atoms with E-state index in [4.69, 9.17) is 15.2 Å². The molecule has 0 saturated heterocycles. The molecule has 4 nitrogen and oxygen atoms in total. The summed E-state index contributed by atoms with van der Waals surface area (Å²) >= 11 is 0. The summed E-state index contributed by atoms with van der Waals surface area (Å²) in [6, 6.07) is 8.73. The van der Waals surface area contributed by atoms with Crippen LogP contribution in [0.1, 0.15) is 24.0 Å². The number of rotatable bonds is 10. The quantitative estimate of drug-likeness (QED) is 0.710. The van der Waals surface area contributed by atoms with E-state index in [0.29, 0.717) is 12.5 Å². The van der Waals surface area contributed by atoms with Gasteiger partial charge in [0.15, 0.2) is 0 Å². The third-order valence-corrected chi connectivity index (χ3v) is 3.53. The third-order valence-electron chi connectivity index (χ3n) is 3.53. The number of hydrogen-bond donors (Lipinski definition) is 1. The van der Waals surface area contributed by atoms with Crippen molar-refractivity contribution in [3.05, 3.63) is 35.4 Å². The maximum Gasteiger partial charge on any atom is 0.0589 e. The summed E-state index contributed by atoms with van der Waals surface area (Å²) in [5.41, 5.74) is 8.31. The number of nitrogens with two attached hydrogens (primary N) is 1. The van der Waals surface area contributed by atoms with Crippen LogP contribution in [0, 0.1) is 0 Å². The first-order valence-corrected chi connectivity index (χ1v) is 7.20. The summed E-state index contributed by atoms with van der Waals surface area (Å²) < 4.78 is 10.3. The summed E-state index contributed by atoms with van der Waals surface area (Å²) in [5.74, 6) is 0.419. The van der Waals surface area contributed by atoms with E-state index in [-0.39, 0.29) is 0 Å². The van der Waals surface area contributed by atoms with Crippen LogP contribution in [-0.2, 0) is 16.0 Å². The monoisotopic (exact) mass is 280 g/mol. The molecule has 1 atom stereocenters. The SMILES string of the molecule is COCCN(CCOC)Cc1ccc(C(C)CN)cc1. The average Bonchev–Trinajstić information content (AvgIpc) is 2.49. The normalized spacial score (nSPS) is 12.8. The van der Waals surface area contributed by atoms with Gasteiger partial charge in [-0.05, 0) is 23.6 Å². The number of nitrogens with zero attached hydrogens (tertiary/aromatic N) is 1. The Bertz CT molecular complexity index is 346. The van der Waals surface area contributed by atoms with Crippen molar-refractivity contribution in [2.24, 2.45) is 5.73 Å². The summed E-state index contributed by atoms with van der Waals surface area (Å²) in [7, 11) is 3.47. The highest BCUT2D eigenvalue weighted by atomic mass is 16.5. The maximum atomic E-state index is 5.70. The molecule has 4 heteroatoms. The first kappa shape index (κ1) is 17.1. The lowest BCUT2D eigenvalue weighted by atomic mass is 10.00. The van der Waals surface area contributed by atoms with Crippen LogP contribution in [0.5, 0.6) is 0 Å². The van der Waals surface area contributed by atoms with Crippen molar-refractivity contribution < 1.29 is 9.47 Å². The van der Waals surface area contributed by atoms with Crippen molar-refractivity contribution in [1.82, 2.24) is 4.90 Å². The largest absolute Gasteiger partial charge is 0.383 e. The van der Waals surface area contributed by atoms with Crippen LogP contribution in [0.4, 0.5) is 0 Å². The molecular weight excluding hydrogens is 252 g/mol. The van der Waals surface area contributed by atoms with Gasteiger partial charge in [0, 0.05) is 33.9 Å². The van der Waals surface area contributed by atoms with Crippen molar-refractivity contribution in [2.75, 3.05) is 47.1 Å². The molecule has 2 N–H and O–H groups in total. The van der Waals surface area contributed by atoms with Crippen molar-refractivity contribution >= 4 is 0 Å². The fourth-order valence-electron chi connectivity index (χ4n) is 2.06. The molecule has 0 aliphatic heterocycles. The van der Waals surface area contributed by atoms with Gasteiger partial charge >= 0.3 is 0 Å². The maximum absolute atomic E-state index is 5.70. The Hall–Kier alpha value is -0.940. The van der Waals surface area contributed by atoms with Crippen molar-refractivity contribution in [1.29, 1.82) is 0 Å². The Morgan fingerprint density at radius 1 is 1.05 bits per heavy atom. The third kappa shape index (κ3) is 6.01. The van der Waals surface area contributed by atoms with E-state index in [1.165, 1.54) is 11.1 Å². The standard InChI is InChI=1S/C16H28N2O2/c1-14(12-17)16-6-4-15(5-7-16)13-18(8-10-19-2)9-11-20-3/h4-7,14H,8-13,17H2,1-3H3. The number of benzene rings is 1. The van der Waals surface area contributed by atoms with Crippen LogP contribution < -0.4 is 5.73 Å². The van der Waals surface area contributed by atoms with E-state index in [1.807, 2.05) is 0 Å². The summed E-state index contributed by atoms with van der Waals surface area (Å²) in [5, 5.41) is 0. The van der Waals surface area contributed by atoms with E-state index in [0.717, 1.165) is 32.8 Å². The van der Waals surface area contributed by atoms with Gasteiger partial charge in [-0.25, -0.2) is 0 Å². The van der Waals surface area contributed by atoms with Crippen molar-refractivity contribution in [3.63, 3.8) is 0 Å². The highest BCUT2D eigenvalue weighted by Gasteiger charge is 2.07. The Morgan fingerprint density at radius 3 is 2.05 bits per heavy atom. The lowest BCUT2D eigenvalue weighted by molar-refractivity contribution is 0.110. The van der Waals surface area contributed by atoms with Crippen LogP contribution in [-0.4, -0.2) is 52.0 Å². The zero-order valence-corrected chi connectivity index (χ0v) is 13.0. The second-order valence-corrected chi connectivity index (χ2v) is 5.14.